The molecule has 0 spiro atoms. The summed E-state index contributed by atoms with van der Waals surface area (Å²) in [5.41, 5.74) is -0.336. The molecule has 0 aliphatic heterocycles. The first-order chi connectivity index (χ1) is 18.3. The smallest absolute Gasteiger partial charge is 0.478 e. The normalized spacial score (nSPS) is 11.6. The summed E-state index contributed by atoms with van der Waals surface area (Å²) in [6.07, 6.45) is -4.93. The largest absolute Gasteiger partial charge is 0.573 e. The van der Waals surface area contributed by atoms with Gasteiger partial charge in [0.25, 0.3) is 15.9 Å². The highest BCUT2D eigenvalue weighted by Crippen LogP contribution is 2.31. The number of aromatic carboxylic acids is 1. The SMILES string of the molecule is O=C(Nc1ccc(Cl)cc1C(=O)O)c1cc(-c2ccccc2NS(=O)(=O)c2ccc(OC(F)(F)F)cc2)on1. The maximum atomic E-state index is 12.9. The third-order valence-electron chi connectivity index (χ3n) is 5.01. The fraction of sp³-hybridized carbons (Fsp3) is 0.0417. The van der Waals surface area contributed by atoms with E-state index in [9.17, 15) is 36.3 Å². The number of carbonyl (C=O) groups is 2. The molecule has 0 fully saturated rings. The zero-order chi connectivity index (χ0) is 28.4. The molecule has 0 unspecified atom stereocenters. The summed E-state index contributed by atoms with van der Waals surface area (Å²) < 4.78 is 74.1. The van der Waals surface area contributed by atoms with Crippen LogP contribution in [-0.4, -0.2) is 36.9 Å². The van der Waals surface area contributed by atoms with Crippen LogP contribution in [0.15, 0.2) is 82.2 Å². The van der Waals surface area contributed by atoms with Crippen molar-refractivity contribution in [2.75, 3.05) is 10.0 Å². The van der Waals surface area contributed by atoms with Crippen LogP contribution in [0.25, 0.3) is 11.3 Å². The van der Waals surface area contributed by atoms with Gasteiger partial charge in [-0.2, -0.15) is 0 Å². The number of nitrogens with one attached hydrogen (secondary N) is 2. The summed E-state index contributed by atoms with van der Waals surface area (Å²) in [5, 5.41) is 15.6. The van der Waals surface area contributed by atoms with Gasteiger partial charge in [0.2, 0.25) is 0 Å². The van der Waals surface area contributed by atoms with Gasteiger partial charge in [-0.25, -0.2) is 13.2 Å². The average Bonchev–Trinajstić information content (AvgIpc) is 3.35. The quantitative estimate of drug-likeness (QED) is 0.242. The van der Waals surface area contributed by atoms with Crippen LogP contribution in [0.3, 0.4) is 0 Å². The van der Waals surface area contributed by atoms with Gasteiger partial charge in [-0.15, -0.1) is 13.2 Å². The number of carboxylic acid groups (broad SMARTS) is 1. The number of carboxylic acids is 1. The minimum absolute atomic E-state index is 0.0121. The van der Waals surface area contributed by atoms with Gasteiger partial charge in [0, 0.05) is 16.7 Å². The molecule has 1 amide bonds. The predicted molar refractivity (Wildman–Crippen MR) is 132 cm³/mol. The van der Waals surface area contributed by atoms with Crippen molar-refractivity contribution < 1.29 is 45.5 Å². The molecule has 0 saturated carbocycles. The van der Waals surface area contributed by atoms with E-state index in [4.69, 9.17) is 16.1 Å². The van der Waals surface area contributed by atoms with Crippen LogP contribution in [0.5, 0.6) is 5.75 Å². The Morgan fingerprint density at radius 3 is 2.33 bits per heavy atom. The molecule has 4 rings (SSSR count). The van der Waals surface area contributed by atoms with E-state index in [2.05, 4.69) is 19.9 Å². The van der Waals surface area contributed by atoms with Crippen LogP contribution < -0.4 is 14.8 Å². The molecule has 39 heavy (non-hydrogen) atoms. The van der Waals surface area contributed by atoms with Crippen LogP contribution in [0.4, 0.5) is 24.5 Å². The van der Waals surface area contributed by atoms with Crippen LogP contribution >= 0.6 is 11.6 Å². The van der Waals surface area contributed by atoms with Gasteiger partial charge in [-0.3, -0.25) is 9.52 Å². The van der Waals surface area contributed by atoms with Crippen LogP contribution in [-0.2, 0) is 10.0 Å². The lowest BCUT2D eigenvalue weighted by molar-refractivity contribution is -0.274. The highest BCUT2D eigenvalue weighted by molar-refractivity contribution is 7.92. The number of nitrogens with zero attached hydrogens (tertiary/aromatic N) is 1. The maximum absolute atomic E-state index is 12.9. The molecule has 0 aliphatic carbocycles. The fourth-order valence-corrected chi connectivity index (χ4v) is 4.56. The molecule has 0 radical (unpaired) electrons. The average molecular weight is 582 g/mol. The summed E-state index contributed by atoms with van der Waals surface area (Å²) in [4.78, 5) is 23.8. The number of sulfonamides is 1. The van der Waals surface area contributed by atoms with Gasteiger partial charge in [0.05, 0.1) is 21.8 Å². The topological polar surface area (TPSA) is 148 Å². The van der Waals surface area contributed by atoms with E-state index in [0.717, 1.165) is 30.3 Å². The van der Waals surface area contributed by atoms with Gasteiger partial charge in [-0.1, -0.05) is 28.9 Å². The molecular formula is C24H15ClF3N3O7S. The zero-order valence-corrected chi connectivity index (χ0v) is 20.8. The van der Waals surface area contributed by atoms with Crippen molar-refractivity contribution in [3.05, 3.63) is 89.1 Å². The highest BCUT2D eigenvalue weighted by Gasteiger charge is 2.31. The summed E-state index contributed by atoms with van der Waals surface area (Å²) in [6, 6.07) is 14.6. The Labute approximate surface area is 223 Å². The number of alkyl halides is 3. The predicted octanol–water partition coefficient (Wildman–Crippen LogP) is 5.64. The van der Waals surface area contributed by atoms with Crippen molar-refractivity contribution in [3.8, 4) is 17.1 Å². The number of hydrogen-bond donors (Lipinski definition) is 3. The van der Waals surface area contributed by atoms with Crippen molar-refractivity contribution in [1.82, 2.24) is 5.16 Å². The maximum Gasteiger partial charge on any atom is 0.573 e. The minimum atomic E-state index is -4.93. The third-order valence-corrected chi connectivity index (χ3v) is 6.62. The first kappa shape index (κ1) is 27.5. The Bertz CT molecular complexity index is 1660. The molecule has 1 aromatic heterocycles. The molecule has 10 nitrogen and oxygen atoms in total. The second-order valence-electron chi connectivity index (χ2n) is 7.70. The number of anilines is 2. The molecule has 0 aliphatic rings. The number of hydrogen-bond acceptors (Lipinski definition) is 7. The first-order valence-electron chi connectivity index (χ1n) is 10.6. The van der Waals surface area contributed by atoms with E-state index in [0.29, 0.717) is 0 Å². The number of carbonyl (C=O) groups excluding carboxylic acids is 1. The Hall–Kier alpha value is -4.56. The van der Waals surface area contributed by atoms with Crippen molar-refractivity contribution >= 4 is 44.9 Å². The number of para-hydroxylation sites is 1. The molecule has 0 saturated heterocycles. The Kier molecular flexibility index (Phi) is 7.51. The van der Waals surface area contributed by atoms with E-state index in [1.807, 2.05) is 0 Å². The molecule has 15 heteroatoms. The van der Waals surface area contributed by atoms with Crippen LogP contribution in [0, 0.1) is 0 Å². The van der Waals surface area contributed by atoms with Crippen molar-refractivity contribution in [3.63, 3.8) is 0 Å². The van der Waals surface area contributed by atoms with Gasteiger partial charge in [-0.05, 0) is 54.6 Å². The second-order valence-corrected chi connectivity index (χ2v) is 9.81. The molecule has 3 N–H and O–H groups in total. The lowest BCUT2D eigenvalue weighted by atomic mass is 10.1. The van der Waals surface area contributed by atoms with E-state index in [-0.39, 0.29) is 43.9 Å². The van der Waals surface area contributed by atoms with E-state index in [1.165, 1.54) is 36.4 Å². The Morgan fingerprint density at radius 2 is 1.67 bits per heavy atom. The zero-order valence-electron chi connectivity index (χ0n) is 19.2. The van der Waals surface area contributed by atoms with E-state index in [1.54, 1.807) is 6.07 Å². The number of rotatable bonds is 8. The minimum Gasteiger partial charge on any atom is -0.478 e. The van der Waals surface area contributed by atoms with Crippen LogP contribution in [0.1, 0.15) is 20.8 Å². The third kappa shape index (κ3) is 6.66. The lowest BCUT2D eigenvalue weighted by Crippen LogP contribution is -2.17. The monoisotopic (exact) mass is 581 g/mol. The molecule has 3 aromatic carbocycles. The van der Waals surface area contributed by atoms with Crippen molar-refractivity contribution in [2.45, 2.75) is 11.3 Å². The first-order valence-corrected chi connectivity index (χ1v) is 12.5. The number of halogens is 4. The summed E-state index contributed by atoms with van der Waals surface area (Å²) in [6.45, 7) is 0. The number of ether oxygens (including phenoxy) is 1. The van der Waals surface area contributed by atoms with Gasteiger partial charge in [0.1, 0.15) is 5.75 Å². The molecule has 202 valence electrons. The van der Waals surface area contributed by atoms with Gasteiger partial charge < -0.3 is 19.7 Å². The number of amides is 1. The van der Waals surface area contributed by atoms with Crippen LogP contribution in [0.2, 0.25) is 5.02 Å². The fourth-order valence-electron chi connectivity index (χ4n) is 3.31. The molecule has 0 atom stereocenters. The van der Waals surface area contributed by atoms with E-state index < -0.39 is 34.0 Å². The summed E-state index contributed by atoms with van der Waals surface area (Å²) in [7, 11) is -4.27. The van der Waals surface area contributed by atoms with Gasteiger partial charge >= 0.3 is 12.3 Å². The lowest BCUT2D eigenvalue weighted by Gasteiger charge is -2.12. The van der Waals surface area contributed by atoms with E-state index >= 15 is 0 Å². The number of aromatic nitrogens is 1. The number of benzene rings is 3. The van der Waals surface area contributed by atoms with Crippen molar-refractivity contribution in [2.24, 2.45) is 0 Å². The van der Waals surface area contributed by atoms with Gasteiger partial charge in [0.15, 0.2) is 11.5 Å². The molecule has 4 aromatic rings. The standard InChI is InChI=1S/C24H15ClF3N3O7S/c25-13-5-10-18(17(11-13)23(33)34)29-22(32)20-12-21(38-30-20)16-3-1-2-4-19(16)31-39(35,36)15-8-6-14(7-9-15)37-24(26,27)28/h1-12,31H,(H,29,32)(H,33,34). The molecule has 1 heterocycles. The highest BCUT2D eigenvalue weighted by atomic mass is 35.5. The summed E-state index contributed by atoms with van der Waals surface area (Å²) in [5.74, 6) is -2.74. The Balaban J connectivity index is 1.55. The Morgan fingerprint density at radius 1 is 0.974 bits per heavy atom. The molecule has 0 bridgehead atoms. The van der Waals surface area contributed by atoms with Crippen molar-refractivity contribution in [1.29, 1.82) is 0 Å². The summed E-state index contributed by atoms with van der Waals surface area (Å²) >= 11 is 5.82. The molecular weight excluding hydrogens is 567 g/mol. The second kappa shape index (κ2) is 10.7.